The normalized spacial score (nSPS) is 13.0. The van der Waals surface area contributed by atoms with Crippen molar-refractivity contribution in [2.75, 3.05) is 0 Å². The highest BCUT2D eigenvalue weighted by Crippen LogP contribution is 2.38. The van der Waals surface area contributed by atoms with E-state index in [9.17, 15) is 26.3 Å². The molecule has 0 saturated heterocycles. The topological polar surface area (TPSA) is 58.9 Å². The van der Waals surface area contributed by atoms with Crippen molar-refractivity contribution < 1.29 is 26.3 Å². The number of alkyl halides is 6. The molecule has 0 aliphatic heterocycles. The van der Waals surface area contributed by atoms with Crippen LogP contribution in [0.3, 0.4) is 0 Å². The third-order valence-electron chi connectivity index (χ3n) is 3.79. The summed E-state index contributed by atoms with van der Waals surface area (Å²) in [7, 11) is 0. The molecule has 0 spiro atoms. The number of hydrogen-bond donors (Lipinski definition) is 1. The van der Waals surface area contributed by atoms with Gasteiger partial charge < -0.3 is 4.98 Å². The summed E-state index contributed by atoms with van der Waals surface area (Å²) in [6.45, 7) is 0. The van der Waals surface area contributed by atoms with Crippen LogP contribution in [0.5, 0.6) is 0 Å². The van der Waals surface area contributed by atoms with Gasteiger partial charge in [-0.2, -0.15) is 26.3 Å². The van der Waals surface area contributed by atoms with Crippen LogP contribution in [-0.4, -0.2) is 24.6 Å². The number of aromatic nitrogens is 5. The van der Waals surface area contributed by atoms with Gasteiger partial charge in [-0.05, 0) is 24.3 Å². The fraction of sp³-hybridized carbons (Fsp3) is 0.133. The van der Waals surface area contributed by atoms with Crippen LogP contribution in [0.4, 0.5) is 26.3 Å². The van der Waals surface area contributed by atoms with E-state index in [4.69, 9.17) is 0 Å². The summed E-state index contributed by atoms with van der Waals surface area (Å²) in [6, 6.07) is 2.87. The van der Waals surface area contributed by atoms with E-state index in [2.05, 4.69) is 20.2 Å². The van der Waals surface area contributed by atoms with Crippen molar-refractivity contribution in [3.05, 3.63) is 47.8 Å². The fourth-order valence-corrected chi connectivity index (χ4v) is 2.65. The highest BCUT2D eigenvalue weighted by Gasteiger charge is 2.37. The highest BCUT2D eigenvalue weighted by atomic mass is 19.4. The summed E-state index contributed by atoms with van der Waals surface area (Å²) in [4.78, 5) is 6.86. The molecule has 0 unspecified atom stereocenters. The summed E-state index contributed by atoms with van der Waals surface area (Å²) in [5.74, 6) is -0.149. The fourth-order valence-electron chi connectivity index (χ4n) is 2.65. The minimum atomic E-state index is -4.94. The zero-order valence-corrected chi connectivity index (χ0v) is 12.5. The van der Waals surface area contributed by atoms with Gasteiger partial charge in [0.2, 0.25) is 0 Å². The van der Waals surface area contributed by atoms with E-state index >= 15 is 0 Å². The Hall–Kier alpha value is -3.11. The molecule has 4 aromatic rings. The summed E-state index contributed by atoms with van der Waals surface area (Å²) < 4.78 is 79.8. The largest absolute Gasteiger partial charge is 0.416 e. The van der Waals surface area contributed by atoms with E-state index in [1.54, 1.807) is 6.07 Å². The van der Waals surface area contributed by atoms with E-state index in [-0.39, 0.29) is 23.1 Å². The number of aromatic amines is 1. The van der Waals surface area contributed by atoms with Gasteiger partial charge in [-0.1, -0.05) is 0 Å². The number of benzene rings is 1. The second-order valence-electron chi connectivity index (χ2n) is 5.48. The van der Waals surface area contributed by atoms with E-state index in [1.807, 2.05) is 0 Å². The Morgan fingerprint density at radius 1 is 0.885 bits per heavy atom. The second-order valence-corrected chi connectivity index (χ2v) is 5.48. The molecule has 3 aromatic heterocycles. The SMILES string of the molecule is FC(F)(F)c1cc(-c2nnc3cnc4[nH]ccc4n23)cc(C(F)(F)F)c1. The maximum Gasteiger partial charge on any atom is 0.416 e. The molecule has 0 atom stereocenters. The van der Waals surface area contributed by atoms with Crippen LogP contribution in [0.2, 0.25) is 0 Å². The van der Waals surface area contributed by atoms with Gasteiger partial charge in [0.05, 0.1) is 22.8 Å². The lowest BCUT2D eigenvalue weighted by molar-refractivity contribution is -0.143. The van der Waals surface area contributed by atoms with Crippen LogP contribution in [0.15, 0.2) is 36.7 Å². The van der Waals surface area contributed by atoms with Crippen molar-refractivity contribution in [3.63, 3.8) is 0 Å². The Morgan fingerprint density at radius 3 is 2.15 bits per heavy atom. The number of H-pyrrole nitrogens is 1. The number of fused-ring (bicyclic) bond motifs is 3. The van der Waals surface area contributed by atoms with Crippen molar-refractivity contribution in [3.8, 4) is 11.4 Å². The molecule has 11 heteroatoms. The Kier molecular flexibility index (Phi) is 3.27. The van der Waals surface area contributed by atoms with Crippen molar-refractivity contribution >= 4 is 16.8 Å². The number of nitrogens with zero attached hydrogens (tertiary/aromatic N) is 4. The van der Waals surface area contributed by atoms with Crippen LogP contribution < -0.4 is 0 Å². The van der Waals surface area contributed by atoms with E-state index in [0.29, 0.717) is 23.3 Å². The summed E-state index contributed by atoms with van der Waals surface area (Å²) in [5.41, 5.74) is -2.18. The van der Waals surface area contributed by atoms with E-state index in [0.717, 1.165) is 0 Å². The average Bonchev–Trinajstić information content (AvgIpc) is 3.18. The Bertz CT molecular complexity index is 1090. The van der Waals surface area contributed by atoms with Gasteiger partial charge >= 0.3 is 12.4 Å². The van der Waals surface area contributed by atoms with Crippen molar-refractivity contribution in [2.24, 2.45) is 0 Å². The lowest BCUT2D eigenvalue weighted by Crippen LogP contribution is -2.11. The smallest absolute Gasteiger partial charge is 0.345 e. The number of rotatable bonds is 1. The molecule has 3 heterocycles. The summed E-state index contributed by atoms with van der Waals surface area (Å²) in [5, 5.41) is 7.55. The first-order chi connectivity index (χ1) is 12.1. The number of nitrogens with one attached hydrogen (secondary N) is 1. The zero-order chi connectivity index (χ0) is 18.7. The van der Waals surface area contributed by atoms with Gasteiger partial charge in [-0.15, -0.1) is 10.2 Å². The quantitative estimate of drug-likeness (QED) is 0.507. The Morgan fingerprint density at radius 2 is 1.54 bits per heavy atom. The maximum atomic E-state index is 13.1. The van der Waals surface area contributed by atoms with E-state index < -0.39 is 23.5 Å². The highest BCUT2D eigenvalue weighted by molar-refractivity contribution is 5.77. The standard InChI is InChI=1S/C15H7F6N5/c16-14(17,18)8-3-7(4-9(5-8)15(19,20)21)13-25-24-11-6-23-12-10(26(11)13)1-2-22-12/h1-6,22H. The third kappa shape index (κ3) is 2.55. The van der Waals surface area contributed by atoms with Crippen molar-refractivity contribution in [1.29, 1.82) is 0 Å². The third-order valence-corrected chi connectivity index (χ3v) is 3.79. The van der Waals surface area contributed by atoms with Crippen LogP contribution in [0, 0.1) is 0 Å². The molecule has 0 radical (unpaired) electrons. The van der Waals surface area contributed by atoms with Crippen molar-refractivity contribution in [2.45, 2.75) is 12.4 Å². The molecule has 1 aromatic carbocycles. The second kappa shape index (κ2) is 5.19. The van der Waals surface area contributed by atoms with Gasteiger partial charge in [0.1, 0.15) is 0 Å². The van der Waals surface area contributed by atoms with Gasteiger partial charge in [-0.3, -0.25) is 4.40 Å². The molecule has 26 heavy (non-hydrogen) atoms. The minimum Gasteiger partial charge on any atom is -0.345 e. The molecule has 4 rings (SSSR count). The van der Waals surface area contributed by atoms with Gasteiger partial charge in [0, 0.05) is 11.8 Å². The molecule has 0 aliphatic rings. The first-order valence-corrected chi connectivity index (χ1v) is 7.12. The minimum absolute atomic E-state index is 0.0696. The molecule has 0 bridgehead atoms. The Balaban J connectivity index is 2.04. The molecule has 0 fully saturated rings. The summed E-state index contributed by atoms with van der Waals surface area (Å²) >= 11 is 0. The first kappa shape index (κ1) is 16.4. The van der Waals surface area contributed by atoms with Crippen LogP contribution in [0.25, 0.3) is 28.2 Å². The molecular formula is C15H7F6N5. The predicted molar refractivity (Wildman–Crippen MR) is 78.1 cm³/mol. The average molecular weight is 371 g/mol. The number of hydrogen-bond acceptors (Lipinski definition) is 3. The lowest BCUT2D eigenvalue weighted by Gasteiger charge is -2.13. The Labute approximate surface area is 140 Å². The number of halogens is 6. The molecule has 0 aliphatic carbocycles. The molecule has 0 saturated carbocycles. The van der Waals surface area contributed by atoms with Crippen molar-refractivity contribution in [1.82, 2.24) is 24.6 Å². The predicted octanol–water partition coefficient (Wildman–Crippen LogP) is 4.31. The monoisotopic (exact) mass is 371 g/mol. The first-order valence-electron chi connectivity index (χ1n) is 7.12. The molecular weight excluding hydrogens is 364 g/mol. The van der Waals surface area contributed by atoms with Crippen LogP contribution >= 0.6 is 0 Å². The van der Waals surface area contributed by atoms with Gasteiger partial charge in [0.25, 0.3) is 0 Å². The maximum absolute atomic E-state index is 13.1. The lowest BCUT2D eigenvalue weighted by atomic mass is 10.0. The molecule has 5 nitrogen and oxygen atoms in total. The van der Waals surface area contributed by atoms with Gasteiger partial charge in [0.15, 0.2) is 17.1 Å². The van der Waals surface area contributed by atoms with Crippen LogP contribution in [0.1, 0.15) is 11.1 Å². The molecule has 1 N–H and O–H groups in total. The molecule has 134 valence electrons. The summed E-state index contributed by atoms with van der Waals surface area (Å²) in [6.07, 6.45) is -7.04. The van der Waals surface area contributed by atoms with Crippen LogP contribution in [-0.2, 0) is 12.4 Å². The van der Waals surface area contributed by atoms with E-state index in [1.165, 1.54) is 16.8 Å². The molecule has 0 amide bonds. The van der Waals surface area contributed by atoms with Gasteiger partial charge in [-0.25, -0.2) is 4.98 Å². The zero-order valence-electron chi connectivity index (χ0n) is 12.5.